The van der Waals surface area contributed by atoms with Crippen LogP contribution in [0.2, 0.25) is 0 Å². The van der Waals surface area contributed by atoms with Gasteiger partial charge in [-0.15, -0.1) is 0 Å². The van der Waals surface area contributed by atoms with Gasteiger partial charge in [-0.2, -0.15) is 5.10 Å². The van der Waals surface area contributed by atoms with Crippen LogP contribution < -0.4 is 0 Å². The first-order chi connectivity index (χ1) is 8.22. The topological polar surface area (TPSA) is 30.7 Å². The summed E-state index contributed by atoms with van der Waals surface area (Å²) in [5.41, 5.74) is 1.24. The van der Waals surface area contributed by atoms with Gasteiger partial charge in [0.1, 0.15) is 5.82 Å². The summed E-state index contributed by atoms with van der Waals surface area (Å²) in [6.45, 7) is 4.98. The Balaban J connectivity index is 2.25. The van der Waals surface area contributed by atoms with Crippen molar-refractivity contribution >= 4 is 15.9 Å². The molecule has 0 fully saturated rings. The summed E-state index contributed by atoms with van der Waals surface area (Å²) in [6.07, 6.45) is 1.81. The molecule has 90 valence electrons. The lowest BCUT2D eigenvalue weighted by Crippen LogP contribution is -2.06. The molecule has 1 aromatic heterocycles. The Bertz CT molecular complexity index is 505. The molecule has 2 aromatic rings. The minimum Gasteiger partial charge on any atom is -0.245 e. The number of aromatic nitrogens is 3. The van der Waals surface area contributed by atoms with Gasteiger partial charge in [-0.25, -0.2) is 9.67 Å². The van der Waals surface area contributed by atoms with E-state index in [-0.39, 0.29) is 0 Å². The Hall–Kier alpha value is -1.16. The van der Waals surface area contributed by atoms with Crippen LogP contribution in [0.4, 0.5) is 0 Å². The predicted octanol–water partition coefficient (Wildman–Crippen LogP) is 3.21. The predicted molar refractivity (Wildman–Crippen MR) is 72.0 cm³/mol. The minimum atomic E-state index is 0.787. The Morgan fingerprint density at radius 3 is 2.71 bits per heavy atom. The second-order valence-electron chi connectivity index (χ2n) is 3.94. The van der Waals surface area contributed by atoms with Gasteiger partial charge in [0.2, 0.25) is 0 Å². The van der Waals surface area contributed by atoms with E-state index < -0.39 is 0 Å². The van der Waals surface area contributed by atoms with Gasteiger partial charge in [-0.05, 0) is 17.7 Å². The molecule has 0 atom stereocenters. The third-order valence-electron chi connectivity index (χ3n) is 2.65. The van der Waals surface area contributed by atoms with Crippen LogP contribution in [0.1, 0.15) is 31.1 Å². The molecule has 0 saturated carbocycles. The Morgan fingerprint density at radius 1 is 1.24 bits per heavy atom. The number of nitrogens with zero attached hydrogens (tertiary/aromatic N) is 3. The summed E-state index contributed by atoms with van der Waals surface area (Å²) in [5, 5.41) is 4.51. The highest BCUT2D eigenvalue weighted by Gasteiger charge is 2.07. The lowest BCUT2D eigenvalue weighted by Gasteiger charge is -2.04. The molecule has 4 heteroatoms. The van der Waals surface area contributed by atoms with Crippen LogP contribution in [0.15, 0.2) is 28.7 Å². The van der Waals surface area contributed by atoms with Crippen molar-refractivity contribution in [3.63, 3.8) is 0 Å². The van der Waals surface area contributed by atoms with Crippen molar-refractivity contribution in [3.05, 3.63) is 46.0 Å². The number of rotatable bonds is 4. The largest absolute Gasteiger partial charge is 0.245 e. The summed E-state index contributed by atoms with van der Waals surface area (Å²) in [7, 11) is 0. The van der Waals surface area contributed by atoms with Crippen LogP contribution in [0, 0.1) is 0 Å². The molecule has 1 aromatic carbocycles. The molecule has 2 rings (SSSR count). The van der Waals surface area contributed by atoms with E-state index in [0.717, 1.165) is 35.5 Å². The fourth-order valence-corrected chi connectivity index (χ4v) is 2.22. The zero-order valence-electron chi connectivity index (χ0n) is 10.2. The Labute approximate surface area is 110 Å². The third kappa shape index (κ3) is 2.94. The van der Waals surface area contributed by atoms with Gasteiger partial charge in [0.25, 0.3) is 0 Å². The first kappa shape index (κ1) is 12.3. The molecule has 0 aliphatic heterocycles. The Kier molecular flexibility index (Phi) is 3.94. The van der Waals surface area contributed by atoms with E-state index in [1.807, 2.05) is 16.8 Å². The van der Waals surface area contributed by atoms with Gasteiger partial charge in [0.15, 0.2) is 5.82 Å². The second kappa shape index (κ2) is 5.45. The average Bonchev–Trinajstić information content (AvgIpc) is 2.71. The molecule has 0 unspecified atom stereocenters. The lowest BCUT2D eigenvalue weighted by atomic mass is 10.2. The van der Waals surface area contributed by atoms with Crippen molar-refractivity contribution in [1.82, 2.24) is 14.8 Å². The molecule has 0 bridgehead atoms. The molecule has 0 N–H and O–H groups in total. The van der Waals surface area contributed by atoms with Crippen LogP contribution in [-0.2, 0) is 19.4 Å². The standard InChI is InChI=1S/C13H16BrN3/c1-3-12-15-13(4-2)17(16-12)9-10-6-5-7-11(14)8-10/h5-8H,3-4,9H2,1-2H3. The van der Waals surface area contributed by atoms with Crippen molar-refractivity contribution < 1.29 is 0 Å². The molecular formula is C13H16BrN3. The SMILES string of the molecule is CCc1nc(CC)n(Cc2cccc(Br)c2)n1. The van der Waals surface area contributed by atoms with Gasteiger partial charge >= 0.3 is 0 Å². The quantitative estimate of drug-likeness (QED) is 0.867. The molecule has 0 amide bonds. The lowest BCUT2D eigenvalue weighted by molar-refractivity contribution is 0.637. The summed E-state index contributed by atoms with van der Waals surface area (Å²) in [4.78, 5) is 4.51. The molecule has 0 spiro atoms. The van der Waals surface area contributed by atoms with E-state index in [1.165, 1.54) is 5.56 Å². The highest BCUT2D eigenvalue weighted by molar-refractivity contribution is 9.10. The summed E-state index contributed by atoms with van der Waals surface area (Å²) in [6, 6.07) is 8.30. The van der Waals surface area contributed by atoms with Gasteiger partial charge < -0.3 is 0 Å². The number of benzene rings is 1. The molecule has 0 saturated heterocycles. The van der Waals surface area contributed by atoms with Crippen LogP contribution in [0.25, 0.3) is 0 Å². The maximum atomic E-state index is 4.51. The fourth-order valence-electron chi connectivity index (χ4n) is 1.77. The molecule has 0 radical (unpaired) electrons. The first-order valence-corrected chi connectivity index (χ1v) is 6.69. The second-order valence-corrected chi connectivity index (χ2v) is 4.85. The molecule has 17 heavy (non-hydrogen) atoms. The van der Waals surface area contributed by atoms with E-state index in [1.54, 1.807) is 0 Å². The van der Waals surface area contributed by atoms with Crippen molar-refractivity contribution in [2.24, 2.45) is 0 Å². The van der Waals surface area contributed by atoms with Crippen LogP contribution in [-0.4, -0.2) is 14.8 Å². The van der Waals surface area contributed by atoms with Crippen molar-refractivity contribution in [2.75, 3.05) is 0 Å². The highest BCUT2D eigenvalue weighted by atomic mass is 79.9. The van der Waals surface area contributed by atoms with Crippen molar-refractivity contribution in [1.29, 1.82) is 0 Å². The first-order valence-electron chi connectivity index (χ1n) is 5.90. The number of aryl methyl sites for hydroxylation is 2. The average molecular weight is 294 g/mol. The molecule has 3 nitrogen and oxygen atoms in total. The summed E-state index contributed by atoms with van der Waals surface area (Å²) in [5.74, 6) is 1.98. The zero-order chi connectivity index (χ0) is 12.3. The highest BCUT2D eigenvalue weighted by Crippen LogP contribution is 2.13. The maximum Gasteiger partial charge on any atom is 0.150 e. The van der Waals surface area contributed by atoms with Gasteiger partial charge in [0.05, 0.1) is 6.54 Å². The van der Waals surface area contributed by atoms with Crippen LogP contribution >= 0.6 is 15.9 Å². The van der Waals surface area contributed by atoms with Gasteiger partial charge in [0, 0.05) is 17.3 Å². The maximum absolute atomic E-state index is 4.51. The number of halogens is 1. The summed E-state index contributed by atoms with van der Waals surface area (Å²) < 4.78 is 3.10. The normalized spacial score (nSPS) is 10.8. The molecule has 0 aliphatic rings. The van der Waals surface area contributed by atoms with Crippen molar-refractivity contribution in [2.45, 2.75) is 33.2 Å². The minimum absolute atomic E-state index is 0.787. The fraction of sp³-hybridized carbons (Fsp3) is 0.385. The van der Waals surface area contributed by atoms with E-state index in [2.05, 4.69) is 52.0 Å². The molecule has 0 aliphatic carbocycles. The summed E-state index contributed by atoms with van der Waals surface area (Å²) >= 11 is 3.48. The van der Waals surface area contributed by atoms with Gasteiger partial charge in [-0.3, -0.25) is 0 Å². The number of hydrogen-bond donors (Lipinski definition) is 0. The van der Waals surface area contributed by atoms with E-state index >= 15 is 0 Å². The van der Waals surface area contributed by atoms with Crippen LogP contribution in [0.3, 0.4) is 0 Å². The monoisotopic (exact) mass is 293 g/mol. The molecule has 1 heterocycles. The molecular weight excluding hydrogens is 278 g/mol. The van der Waals surface area contributed by atoms with E-state index in [0.29, 0.717) is 0 Å². The van der Waals surface area contributed by atoms with Crippen LogP contribution in [0.5, 0.6) is 0 Å². The van der Waals surface area contributed by atoms with Crippen molar-refractivity contribution in [3.8, 4) is 0 Å². The smallest absolute Gasteiger partial charge is 0.150 e. The number of hydrogen-bond acceptors (Lipinski definition) is 2. The Morgan fingerprint density at radius 2 is 2.06 bits per heavy atom. The zero-order valence-corrected chi connectivity index (χ0v) is 11.7. The van der Waals surface area contributed by atoms with E-state index in [4.69, 9.17) is 0 Å². The van der Waals surface area contributed by atoms with Gasteiger partial charge in [-0.1, -0.05) is 41.9 Å². The van der Waals surface area contributed by atoms with E-state index in [9.17, 15) is 0 Å². The third-order valence-corrected chi connectivity index (χ3v) is 3.14.